The topological polar surface area (TPSA) is 75.9 Å². The van der Waals surface area contributed by atoms with Gasteiger partial charge in [0, 0.05) is 32.0 Å². The van der Waals surface area contributed by atoms with Crippen molar-refractivity contribution in [1.82, 2.24) is 25.1 Å². The van der Waals surface area contributed by atoms with E-state index >= 15 is 0 Å². The van der Waals surface area contributed by atoms with Crippen LogP contribution >= 0.6 is 0 Å². The Bertz CT molecular complexity index is 1080. The summed E-state index contributed by atoms with van der Waals surface area (Å²) in [5.41, 5.74) is 0.834. The van der Waals surface area contributed by atoms with Gasteiger partial charge in [0.2, 0.25) is 0 Å². The van der Waals surface area contributed by atoms with Crippen molar-refractivity contribution in [2.45, 2.75) is 45.3 Å². The summed E-state index contributed by atoms with van der Waals surface area (Å²) in [6.07, 6.45) is 4.29. The lowest BCUT2D eigenvalue weighted by Crippen LogP contribution is -2.25. The Morgan fingerprint density at radius 1 is 0.970 bits per heavy atom. The summed E-state index contributed by atoms with van der Waals surface area (Å²) < 4.78 is 39.6. The van der Waals surface area contributed by atoms with Gasteiger partial charge in [0.1, 0.15) is 5.82 Å². The van der Waals surface area contributed by atoms with Crippen LogP contribution in [-0.2, 0) is 12.7 Å². The van der Waals surface area contributed by atoms with Crippen molar-refractivity contribution in [3.63, 3.8) is 0 Å². The van der Waals surface area contributed by atoms with Crippen LogP contribution in [0.25, 0.3) is 5.82 Å². The quantitative estimate of drug-likeness (QED) is 0.617. The fraction of sp³-hybridized carbons (Fsp3) is 0.391. The summed E-state index contributed by atoms with van der Waals surface area (Å²) in [7, 11) is 0. The number of hydrogen-bond acceptors (Lipinski definition) is 5. The molecule has 0 atom stereocenters. The van der Waals surface area contributed by atoms with Crippen LogP contribution in [0, 0.1) is 6.92 Å². The van der Waals surface area contributed by atoms with E-state index in [0.29, 0.717) is 17.8 Å². The summed E-state index contributed by atoms with van der Waals surface area (Å²) in [4.78, 5) is 23.3. The highest BCUT2D eigenvalue weighted by atomic mass is 19.4. The van der Waals surface area contributed by atoms with Crippen LogP contribution in [0.5, 0.6) is 0 Å². The second kappa shape index (κ2) is 9.60. The molecule has 1 aliphatic rings. The predicted molar refractivity (Wildman–Crippen MR) is 117 cm³/mol. The first-order chi connectivity index (χ1) is 15.8. The third-order valence-corrected chi connectivity index (χ3v) is 5.74. The summed E-state index contributed by atoms with van der Waals surface area (Å²) in [5.74, 6) is 0.822. The van der Waals surface area contributed by atoms with Gasteiger partial charge in [0.25, 0.3) is 5.91 Å². The number of nitrogens with one attached hydrogen (secondary N) is 1. The van der Waals surface area contributed by atoms with Crippen LogP contribution in [0.4, 0.5) is 19.0 Å². The minimum atomic E-state index is -4.46. The van der Waals surface area contributed by atoms with Gasteiger partial charge in [0.15, 0.2) is 5.82 Å². The third kappa shape index (κ3) is 5.32. The van der Waals surface area contributed by atoms with Crippen LogP contribution in [0.1, 0.15) is 52.9 Å². The number of pyridine rings is 2. The molecular formula is C23H25F3N6O. The van der Waals surface area contributed by atoms with E-state index in [1.54, 1.807) is 13.1 Å². The zero-order chi connectivity index (χ0) is 23.4. The van der Waals surface area contributed by atoms with Crippen LogP contribution in [0.3, 0.4) is 0 Å². The van der Waals surface area contributed by atoms with Crippen molar-refractivity contribution in [2.24, 2.45) is 0 Å². The second-order valence-corrected chi connectivity index (χ2v) is 8.07. The van der Waals surface area contributed by atoms with Gasteiger partial charge < -0.3 is 10.2 Å². The number of hydrogen-bond donors (Lipinski definition) is 1. The summed E-state index contributed by atoms with van der Waals surface area (Å²) in [6, 6.07) is 6.09. The van der Waals surface area contributed by atoms with Gasteiger partial charge in [0.05, 0.1) is 23.0 Å². The molecule has 0 unspecified atom stereocenters. The zero-order valence-electron chi connectivity index (χ0n) is 18.3. The van der Waals surface area contributed by atoms with Gasteiger partial charge >= 0.3 is 6.18 Å². The van der Waals surface area contributed by atoms with Gasteiger partial charge in [-0.1, -0.05) is 18.9 Å². The van der Waals surface area contributed by atoms with Gasteiger partial charge in [-0.25, -0.2) is 14.6 Å². The SMILES string of the molecule is Cc1c(C(=O)NCc2ccc(N3CCCCCC3)nc2)cnn1-c1ccc(C(F)(F)F)cn1. The molecule has 3 aromatic heterocycles. The number of anilines is 1. The number of halogens is 3. The van der Waals surface area contributed by atoms with Crippen molar-refractivity contribution in [1.29, 1.82) is 0 Å². The molecule has 4 heterocycles. The minimum Gasteiger partial charge on any atom is -0.357 e. The molecule has 1 fully saturated rings. The fourth-order valence-electron chi connectivity index (χ4n) is 3.83. The van der Waals surface area contributed by atoms with Crippen LogP contribution in [0.15, 0.2) is 42.9 Å². The number of nitrogens with zero attached hydrogens (tertiary/aromatic N) is 5. The molecule has 1 amide bonds. The maximum Gasteiger partial charge on any atom is 0.417 e. The smallest absolute Gasteiger partial charge is 0.357 e. The molecule has 3 aromatic rings. The van der Waals surface area contributed by atoms with Crippen molar-refractivity contribution in [3.05, 3.63) is 65.2 Å². The highest BCUT2D eigenvalue weighted by Crippen LogP contribution is 2.29. The monoisotopic (exact) mass is 458 g/mol. The van der Waals surface area contributed by atoms with E-state index in [1.165, 1.54) is 42.6 Å². The van der Waals surface area contributed by atoms with Crippen LogP contribution in [0.2, 0.25) is 0 Å². The molecule has 1 N–H and O–H groups in total. The molecule has 1 saturated heterocycles. The Kier molecular flexibility index (Phi) is 6.62. The molecule has 1 aliphatic heterocycles. The van der Waals surface area contributed by atoms with Crippen LogP contribution < -0.4 is 10.2 Å². The molecule has 0 radical (unpaired) electrons. The Balaban J connectivity index is 1.39. The molecule has 0 spiro atoms. The largest absolute Gasteiger partial charge is 0.417 e. The van der Waals surface area contributed by atoms with Gasteiger partial charge in [-0.15, -0.1) is 0 Å². The first-order valence-corrected chi connectivity index (χ1v) is 10.9. The van der Waals surface area contributed by atoms with E-state index in [2.05, 4.69) is 25.3 Å². The summed E-state index contributed by atoms with van der Waals surface area (Å²) in [5, 5.41) is 6.96. The first-order valence-electron chi connectivity index (χ1n) is 10.9. The van der Waals surface area contributed by atoms with E-state index in [-0.39, 0.29) is 11.7 Å². The molecule has 174 valence electrons. The predicted octanol–water partition coefficient (Wildman–Crippen LogP) is 4.30. The van der Waals surface area contributed by atoms with Crippen LogP contribution in [-0.4, -0.2) is 38.7 Å². The maximum absolute atomic E-state index is 12.7. The highest BCUT2D eigenvalue weighted by molar-refractivity contribution is 5.95. The summed E-state index contributed by atoms with van der Waals surface area (Å²) >= 11 is 0. The average Bonchev–Trinajstić information content (AvgIpc) is 3.00. The van der Waals surface area contributed by atoms with Crippen molar-refractivity contribution < 1.29 is 18.0 Å². The molecule has 7 nitrogen and oxygen atoms in total. The number of amides is 1. The van der Waals surface area contributed by atoms with Gasteiger partial charge in [-0.05, 0) is 43.5 Å². The standard InChI is InChI=1S/C23H25F3N6O/c1-16-19(15-30-32(16)21-9-7-18(14-28-21)23(24,25)26)22(33)29-13-17-6-8-20(27-12-17)31-10-4-2-3-5-11-31/h6-9,12,14-15H,2-5,10-11,13H2,1H3,(H,29,33). The average molecular weight is 458 g/mol. The van der Waals surface area contributed by atoms with Crippen molar-refractivity contribution >= 4 is 11.7 Å². The van der Waals surface area contributed by atoms with E-state index in [0.717, 1.165) is 36.7 Å². The lowest BCUT2D eigenvalue weighted by atomic mass is 10.2. The molecule has 33 heavy (non-hydrogen) atoms. The minimum absolute atomic E-state index is 0.202. The second-order valence-electron chi connectivity index (χ2n) is 8.07. The van der Waals surface area contributed by atoms with Crippen molar-refractivity contribution in [2.75, 3.05) is 18.0 Å². The molecule has 0 bridgehead atoms. The fourth-order valence-corrected chi connectivity index (χ4v) is 3.83. The first kappa shape index (κ1) is 22.8. The van der Waals surface area contributed by atoms with E-state index < -0.39 is 11.7 Å². The van der Waals surface area contributed by atoms with Gasteiger partial charge in [-0.2, -0.15) is 18.3 Å². The third-order valence-electron chi connectivity index (χ3n) is 5.74. The number of carbonyl (C=O) groups is 1. The molecule has 10 heteroatoms. The molecular weight excluding hydrogens is 433 g/mol. The highest BCUT2D eigenvalue weighted by Gasteiger charge is 2.30. The van der Waals surface area contributed by atoms with E-state index in [9.17, 15) is 18.0 Å². The lowest BCUT2D eigenvalue weighted by molar-refractivity contribution is -0.137. The number of aromatic nitrogens is 4. The Hall–Kier alpha value is -3.43. The van der Waals surface area contributed by atoms with Crippen molar-refractivity contribution in [3.8, 4) is 5.82 Å². The Morgan fingerprint density at radius 3 is 2.27 bits per heavy atom. The number of carbonyl (C=O) groups excluding carboxylic acids is 1. The molecule has 0 saturated carbocycles. The molecule has 4 rings (SSSR count). The number of alkyl halides is 3. The summed E-state index contributed by atoms with van der Waals surface area (Å²) in [6.45, 7) is 3.99. The zero-order valence-corrected chi connectivity index (χ0v) is 18.3. The Labute approximate surface area is 189 Å². The van der Waals surface area contributed by atoms with E-state index in [1.807, 2.05) is 12.1 Å². The molecule has 0 aliphatic carbocycles. The van der Waals surface area contributed by atoms with Gasteiger partial charge in [-0.3, -0.25) is 4.79 Å². The Morgan fingerprint density at radius 2 is 1.67 bits per heavy atom. The van der Waals surface area contributed by atoms with E-state index in [4.69, 9.17) is 0 Å². The number of rotatable bonds is 5. The lowest BCUT2D eigenvalue weighted by Gasteiger charge is -2.21. The normalized spacial score (nSPS) is 14.7. The maximum atomic E-state index is 12.7. The molecule has 0 aromatic carbocycles.